The zero-order valence-electron chi connectivity index (χ0n) is 7.16. The number of carbonyl (C=O) groups is 1. The number of hydrogen-bond donors (Lipinski definition) is 1. The minimum Gasteiger partial charge on any atom is -0.298 e. The molecule has 0 unspecified atom stereocenters. The van der Waals surface area contributed by atoms with Gasteiger partial charge >= 0.3 is 0 Å². The Morgan fingerprint density at radius 3 is 3.00 bits per heavy atom. The predicted molar refractivity (Wildman–Crippen MR) is 67.1 cm³/mol. The number of carbonyl (C=O) groups excluding carboxylic acids is 1. The normalized spacial score (nSPS) is 10.7. The molecular weight excluding hydrogens is 280 g/mol. The number of thiophene rings is 1. The second-order valence-corrected chi connectivity index (χ2v) is 4.81. The van der Waals surface area contributed by atoms with Crippen molar-refractivity contribution in [3.63, 3.8) is 0 Å². The Morgan fingerprint density at radius 1 is 1.57 bits per heavy atom. The molecule has 0 radical (unpaired) electrons. The Balaban J connectivity index is 2.87. The van der Waals surface area contributed by atoms with Crippen molar-refractivity contribution in [2.45, 2.75) is 10.2 Å². The van der Waals surface area contributed by atoms with E-state index in [1.54, 1.807) is 11.3 Å². The third-order valence-corrected chi connectivity index (χ3v) is 4.18. The van der Waals surface area contributed by atoms with Gasteiger partial charge in [-0.2, -0.15) is 0 Å². The lowest BCUT2D eigenvalue weighted by atomic mass is 10.1. The van der Waals surface area contributed by atoms with Crippen molar-refractivity contribution in [1.29, 1.82) is 0 Å². The summed E-state index contributed by atoms with van der Waals surface area (Å²) in [5, 5.41) is 3.87. The van der Waals surface area contributed by atoms with E-state index in [1.165, 1.54) is 4.70 Å². The molecular formula is C10H7BrOS2. The molecule has 0 saturated heterocycles. The maximum absolute atomic E-state index is 10.8. The van der Waals surface area contributed by atoms with Gasteiger partial charge in [0.25, 0.3) is 0 Å². The Morgan fingerprint density at radius 2 is 2.36 bits per heavy atom. The minimum atomic E-state index is 0.661. The molecule has 1 aromatic carbocycles. The largest absolute Gasteiger partial charge is 0.298 e. The van der Waals surface area contributed by atoms with Gasteiger partial charge < -0.3 is 0 Å². The minimum absolute atomic E-state index is 0.661. The molecule has 14 heavy (non-hydrogen) atoms. The molecule has 2 aromatic rings. The van der Waals surface area contributed by atoms with Crippen LogP contribution >= 0.6 is 39.9 Å². The first-order chi connectivity index (χ1) is 6.77. The highest BCUT2D eigenvalue weighted by Gasteiger charge is 2.10. The quantitative estimate of drug-likeness (QED) is 0.503. The number of benzene rings is 1. The zero-order chi connectivity index (χ0) is 10.1. The third kappa shape index (κ3) is 1.51. The maximum Gasteiger partial charge on any atom is 0.151 e. The average Bonchev–Trinajstić information content (AvgIpc) is 2.64. The monoisotopic (exact) mass is 286 g/mol. The van der Waals surface area contributed by atoms with Crippen molar-refractivity contribution in [3.8, 4) is 0 Å². The number of fused-ring (bicyclic) bond motifs is 1. The van der Waals surface area contributed by atoms with E-state index < -0.39 is 0 Å². The lowest BCUT2D eigenvalue weighted by molar-refractivity contribution is 0.112. The van der Waals surface area contributed by atoms with Crippen molar-refractivity contribution in [3.05, 3.63) is 28.6 Å². The van der Waals surface area contributed by atoms with Crippen LogP contribution in [0.25, 0.3) is 10.1 Å². The summed E-state index contributed by atoms with van der Waals surface area (Å²) >= 11 is 9.46. The van der Waals surface area contributed by atoms with Gasteiger partial charge in [-0.25, -0.2) is 0 Å². The third-order valence-electron chi connectivity index (χ3n) is 2.10. The average molecular weight is 287 g/mol. The molecule has 1 aromatic heterocycles. The van der Waals surface area contributed by atoms with E-state index in [9.17, 15) is 4.79 Å². The molecule has 1 heterocycles. The molecule has 2 rings (SSSR count). The Hall–Kier alpha value is -0.320. The van der Waals surface area contributed by atoms with Crippen LogP contribution in [0.15, 0.2) is 22.4 Å². The molecule has 0 spiro atoms. The lowest BCUT2D eigenvalue weighted by Gasteiger charge is -2.05. The maximum atomic E-state index is 10.8. The van der Waals surface area contributed by atoms with Crippen molar-refractivity contribution < 1.29 is 4.79 Å². The summed E-state index contributed by atoms with van der Waals surface area (Å²) in [6.45, 7) is 0. The molecule has 0 aliphatic heterocycles. The summed E-state index contributed by atoms with van der Waals surface area (Å²) in [5.74, 6) is 0. The van der Waals surface area contributed by atoms with Gasteiger partial charge in [0.2, 0.25) is 0 Å². The molecule has 0 aliphatic carbocycles. The second-order valence-electron chi connectivity index (χ2n) is 2.88. The molecule has 0 atom stereocenters. The molecule has 0 aliphatic rings. The number of halogens is 1. The van der Waals surface area contributed by atoms with Crippen molar-refractivity contribution in [2.24, 2.45) is 0 Å². The number of aldehydes is 1. The number of thiol groups is 1. The number of rotatable bonds is 2. The van der Waals surface area contributed by atoms with Gasteiger partial charge in [-0.1, -0.05) is 15.9 Å². The summed E-state index contributed by atoms with van der Waals surface area (Å²) < 4.78 is 1.21. The Kier molecular flexibility index (Phi) is 2.95. The van der Waals surface area contributed by atoms with E-state index in [0.717, 1.165) is 27.5 Å². The van der Waals surface area contributed by atoms with E-state index in [0.29, 0.717) is 5.56 Å². The van der Waals surface area contributed by atoms with Crippen LogP contribution in [-0.4, -0.2) is 6.29 Å². The van der Waals surface area contributed by atoms with Crippen LogP contribution in [0.3, 0.4) is 0 Å². The highest BCUT2D eigenvalue weighted by molar-refractivity contribution is 9.08. The zero-order valence-corrected chi connectivity index (χ0v) is 10.5. The van der Waals surface area contributed by atoms with Crippen LogP contribution in [0.2, 0.25) is 0 Å². The fraction of sp³-hybridized carbons (Fsp3) is 0.100. The van der Waals surface area contributed by atoms with Crippen LogP contribution in [0.5, 0.6) is 0 Å². The van der Waals surface area contributed by atoms with Crippen molar-refractivity contribution >= 4 is 56.3 Å². The summed E-state index contributed by atoms with van der Waals surface area (Å²) in [6.07, 6.45) is 0.853. The Bertz CT molecular complexity index is 490. The summed E-state index contributed by atoms with van der Waals surface area (Å²) in [7, 11) is 0. The smallest absolute Gasteiger partial charge is 0.151 e. The SMILES string of the molecule is O=Cc1cc2ccsc2c(CBr)c1S. The van der Waals surface area contributed by atoms with Crippen molar-refractivity contribution in [1.82, 2.24) is 0 Å². The first-order valence-corrected chi connectivity index (χ1v) is 6.46. The van der Waals surface area contributed by atoms with E-state index in [4.69, 9.17) is 0 Å². The van der Waals surface area contributed by atoms with E-state index in [2.05, 4.69) is 28.6 Å². The molecule has 0 fully saturated rings. The predicted octanol–water partition coefficient (Wildman–Crippen LogP) is 3.90. The number of hydrogen-bond acceptors (Lipinski definition) is 3. The Labute approximate surface area is 99.7 Å². The highest BCUT2D eigenvalue weighted by atomic mass is 79.9. The van der Waals surface area contributed by atoms with Gasteiger partial charge in [0, 0.05) is 20.5 Å². The van der Waals surface area contributed by atoms with Gasteiger partial charge in [0.1, 0.15) is 0 Å². The fourth-order valence-corrected chi connectivity index (χ4v) is 3.69. The molecule has 0 saturated carbocycles. The summed E-state index contributed by atoms with van der Waals surface area (Å²) in [4.78, 5) is 11.6. The number of alkyl halides is 1. The molecule has 0 amide bonds. The van der Waals surface area contributed by atoms with Crippen LogP contribution in [0.4, 0.5) is 0 Å². The summed E-state index contributed by atoms with van der Waals surface area (Å²) in [5.41, 5.74) is 1.76. The molecule has 72 valence electrons. The van der Waals surface area contributed by atoms with Gasteiger partial charge in [0.15, 0.2) is 6.29 Å². The van der Waals surface area contributed by atoms with Gasteiger partial charge in [0.05, 0.1) is 0 Å². The first kappa shape index (κ1) is 10.2. The van der Waals surface area contributed by atoms with Gasteiger partial charge in [-0.3, -0.25) is 4.79 Å². The lowest BCUT2D eigenvalue weighted by Crippen LogP contribution is -1.89. The van der Waals surface area contributed by atoms with Crippen LogP contribution in [0.1, 0.15) is 15.9 Å². The fourth-order valence-electron chi connectivity index (χ4n) is 1.41. The molecule has 4 heteroatoms. The molecule has 0 N–H and O–H groups in total. The molecule has 1 nitrogen and oxygen atoms in total. The standard InChI is InChI=1S/C10H7BrOS2/c11-4-8-9(13)7(5-12)3-6-1-2-14-10(6)8/h1-3,5,13H,4H2. The molecule has 0 bridgehead atoms. The van der Waals surface area contributed by atoms with E-state index >= 15 is 0 Å². The van der Waals surface area contributed by atoms with Crippen LogP contribution in [-0.2, 0) is 5.33 Å². The van der Waals surface area contributed by atoms with Crippen molar-refractivity contribution in [2.75, 3.05) is 0 Å². The topological polar surface area (TPSA) is 17.1 Å². The van der Waals surface area contributed by atoms with Gasteiger partial charge in [-0.15, -0.1) is 24.0 Å². The first-order valence-electron chi connectivity index (χ1n) is 4.01. The van der Waals surface area contributed by atoms with E-state index in [-0.39, 0.29) is 0 Å². The van der Waals surface area contributed by atoms with E-state index in [1.807, 2.05) is 17.5 Å². The highest BCUT2D eigenvalue weighted by Crippen LogP contribution is 2.33. The van der Waals surface area contributed by atoms with Crippen LogP contribution < -0.4 is 0 Å². The van der Waals surface area contributed by atoms with Crippen LogP contribution in [0, 0.1) is 0 Å². The second kappa shape index (κ2) is 4.04. The summed E-state index contributed by atoms with van der Waals surface area (Å²) in [6, 6.07) is 3.90. The van der Waals surface area contributed by atoms with Gasteiger partial charge in [-0.05, 0) is 28.5 Å².